The summed E-state index contributed by atoms with van der Waals surface area (Å²) in [6.07, 6.45) is 1.09. The van der Waals surface area contributed by atoms with Gasteiger partial charge in [-0.15, -0.1) is 0 Å². The minimum atomic E-state index is -0.450. The number of dihydropyridines is 1. The highest BCUT2D eigenvalue weighted by Gasteiger charge is 2.41. The van der Waals surface area contributed by atoms with Gasteiger partial charge >= 0.3 is 5.97 Å². The number of ether oxygens (including phenoxy) is 1. The van der Waals surface area contributed by atoms with Crippen molar-refractivity contribution in [1.29, 1.82) is 0 Å². The molecule has 4 rings (SSSR count). The van der Waals surface area contributed by atoms with Gasteiger partial charge in [-0.1, -0.05) is 35.9 Å². The fraction of sp³-hybridized carbons (Fsp3) is 0.308. The largest absolute Gasteiger partial charge is 0.466 e. The van der Waals surface area contributed by atoms with E-state index in [4.69, 9.17) is 16.3 Å². The van der Waals surface area contributed by atoms with Gasteiger partial charge in [0.25, 0.3) is 0 Å². The van der Waals surface area contributed by atoms with E-state index in [2.05, 4.69) is 5.32 Å². The normalized spacial score (nSPS) is 20.6. The van der Waals surface area contributed by atoms with Crippen molar-refractivity contribution in [3.8, 4) is 0 Å². The van der Waals surface area contributed by atoms with E-state index in [1.165, 1.54) is 7.11 Å². The van der Waals surface area contributed by atoms with Crippen molar-refractivity contribution in [3.05, 3.63) is 87.2 Å². The number of anilines is 1. The van der Waals surface area contributed by atoms with Gasteiger partial charge < -0.3 is 15.0 Å². The standard InChI is InChI=1S/C26H27ClN2O3/c1-15-23(26(31)32-4)24(17-7-11-20(12-8-17)29(2)3)25-21(28-15)13-18(14-22(25)30)16-5-9-19(27)10-6-16/h5-12,18,24,28H,13-14H2,1-4H3/t18-,24+/m0/s1. The molecule has 0 bridgehead atoms. The Hall–Kier alpha value is -3.05. The van der Waals surface area contributed by atoms with Gasteiger partial charge in [0.15, 0.2) is 5.78 Å². The number of hydrogen-bond acceptors (Lipinski definition) is 5. The van der Waals surface area contributed by atoms with Gasteiger partial charge in [0.05, 0.1) is 12.7 Å². The number of ketones is 1. The van der Waals surface area contributed by atoms with Gasteiger partial charge in [-0.3, -0.25) is 4.79 Å². The van der Waals surface area contributed by atoms with Crippen molar-refractivity contribution in [2.45, 2.75) is 31.6 Å². The van der Waals surface area contributed by atoms with E-state index in [1.807, 2.05) is 74.4 Å². The molecular formula is C26H27ClN2O3. The number of allylic oxidation sites excluding steroid dienone is 3. The second kappa shape index (κ2) is 8.83. The lowest BCUT2D eigenvalue weighted by molar-refractivity contribution is -0.136. The number of rotatable bonds is 4. The molecule has 5 nitrogen and oxygen atoms in total. The van der Waals surface area contributed by atoms with Crippen LogP contribution in [0, 0.1) is 0 Å². The molecular weight excluding hydrogens is 424 g/mol. The van der Waals surface area contributed by atoms with Gasteiger partial charge in [0, 0.05) is 54.1 Å². The van der Waals surface area contributed by atoms with Crippen molar-refractivity contribution in [1.82, 2.24) is 5.32 Å². The fourth-order valence-electron chi connectivity index (χ4n) is 4.69. The molecule has 0 saturated heterocycles. The van der Waals surface area contributed by atoms with E-state index < -0.39 is 11.9 Å². The van der Waals surface area contributed by atoms with Gasteiger partial charge in [0.1, 0.15) is 0 Å². The zero-order valence-electron chi connectivity index (χ0n) is 18.7. The first-order valence-corrected chi connectivity index (χ1v) is 11.0. The molecule has 1 N–H and O–H groups in total. The highest BCUT2D eigenvalue weighted by Crippen LogP contribution is 2.45. The quantitative estimate of drug-likeness (QED) is 0.668. The summed E-state index contributed by atoms with van der Waals surface area (Å²) in [5, 5.41) is 4.03. The molecule has 6 heteroatoms. The lowest BCUT2D eigenvalue weighted by Gasteiger charge is -2.36. The van der Waals surface area contributed by atoms with Crippen molar-refractivity contribution in [2.24, 2.45) is 0 Å². The van der Waals surface area contributed by atoms with Crippen LogP contribution in [0.4, 0.5) is 5.69 Å². The summed E-state index contributed by atoms with van der Waals surface area (Å²) in [6, 6.07) is 15.7. The average molecular weight is 451 g/mol. The van der Waals surface area contributed by atoms with Crippen LogP contribution in [0.15, 0.2) is 71.1 Å². The summed E-state index contributed by atoms with van der Waals surface area (Å²) in [7, 11) is 5.33. The SMILES string of the molecule is COC(=O)C1=C(C)NC2=C(C(=O)C[C@@H](c3ccc(Cl)cc3)C2)[C@@H]1c1ccc(N(C)C)cc1. The first-order chi connectivity index (χ1) is 15.3. The summed E-state index contributed by atoms with van der Waals surface area (Å²) >= 11 is 6.04. The van der Waals surface area contributed by atoms with Crippen LogP contribution in [0.5, 0.6) is 0 Å². The first kappa shape index (κ1) is 22.2. The van der Waals surface area contributed by atoms with Crippen LogP contribution in [-0.2, 0) is 14.3 Å². The Labute approximate surface area is 193 Å². The smallest absolute Gasteiger partial charge is 0.336 e. The molecule has 166 valence electrons. The summed E-state index contributed by atoms with van der Waals surface area (Å²) < 4.78 is 5.10. The highest BCUT2D eigenvalue weighted by molar-refractivity contribution is 6.30. The van der Waals surface area contributed by atoms with Crippen LogP contribution in [0.1, 0.15) is 42.7 Å². The molecule has 0 radical (unpaired) electrons. The number of nitrogens with zero attached hydrogens (tertiary/aromatic N) is 1. The number of carbonyl (C=O) groups excluding carboxylic acids is 2. The third kappa shape index (κ3) is 4.05. The summed E-state index contributed by atoms with van der Waals surface area (Å²) in [5.41, 5.74) is 5.80. The summed E-state index contributed by atoms with van der Waals surface area (Å²) in [5.74, 6) is -0.756. The van der Waals surface area contributed by atoms with Crippen LogP contribution in [-0.4, -0.2) is 33.0 Å². The molecule has 2 atom stereocenters. The van der Waals surface area contributed by atoms with Crippen LogP contribution >= 0.6 is 11.6 Å². The van der Waals surface area contributed by atoms with Gasteiger partial charge in [-0.25, -0.2) is 4.79 Å². The summed E-state index contributed by atoms with van der Waals surface area (Å²) in [6.45, 7) is 1.87. The van der Waals surface area contributed by atoms with Crippen molar-refractivity contribution < 1.29 is 14.3 Å². The van der Waals surface area contributed by atoms with Crippen molar-refractivity contribution in [2.75, 3.05) is 26.1 Å². The maximum absolute atomic E-state index is 13.5. The van der Waals surface area contributed by atoms with E-state index in [-0.39, 0.29) is 11.7 Å². The lowest BCUT2D eigenvalue weighted by Crippen LogP contribution is -2.36. The number of carbonyl (C=O) groups is 2. The lowest BCUT2D eigenvalue weighted by atomic mass is 9.71. The highest BCUT2D eigenvalue weighted by atomic mass is 35.5. The molecule has 0 spiro atoms. The monoisotopic (exact) mass is 450 g/mol. The van der Waals surface area contributed by atoms with E-state index in [1.54, 1.807) is 0 Å². The molecule has 2 aromatic carbocycles. The molecule has 0 saturated carbocycles. The Kier molecular flexibility index (Phi) is 6.11. The number of esters is 1. The number of Topliss-reactive ketones (excluding diaryl/α,β-unsaturated/α-hetero) is 1. The molecule has 2 aliphatic rings. The molecule has 32 heavy (non-hydrogen) atoms. The predicted molar refractivity (Wildman–Crippen MR) is 127 cm³/mol. The zero-order valence-corrected chi connectivity index (χ0v) is 19.5. The van der Waals surface area contributed by atoms with Crippen LogP contribution < -0.4 is 10.2 Å². The minimum absolute atomic E-state index is 0.0503. The minimum Gasteiger partial charge on any atom is -0.466 e. The molecule has 0 aromatic heterocycles. The molecule has 2 aromatic rings. The molecule has 0 amide bonds. The van der Waals surface area contributed by atoms with E-state index in [0.29, 0.717) is 29.0 Å². The number of benzene rings is 2. The van der Waals surface area contributed by atoms with Gasteiger partial charge in [-0.2, -0.15) is 0 Å². The van der Waals surface area contributed by atoms with Crippen molar-refractivity contribution in [3.63, 3.8) is 0 Å². The Morgan fingerprint density at radius 1 is 1.03 bits per heavy atom. The Morgan fingerprint density at radius 2 is 1.66 bits per heavy atom. The Bertz CT molecular complexity index is 1110. The van der Waals surface area contributed by atoms with Crippen LogP contribution in [0.3, 0.4) is 0 Å². The number of hydrogen-bond donors (Lipinski definition) is 1. The third-order valence-corrected chi connectivity index (χ3v) is 6.57. The fourth-order valence-corrected chi connectivity index (χ4v) is 4.81. The molecule has 0 unspecified atom stereocenters. The van der Waals surface area contributed by atoms with E-state index in [0.717, 1.165) is 28.2 Å². The number of methoxy groups -OCH3 is 1. The van der Waals surface area contributed by atoms with Gasteiger partial charge in [-0.05, 0) is 54.7 Å². The average Bonchev–Trinajstić information content (AvgIpc) is 2.78. The van der Waals surface area contributed by atoms with Gasteiger partial charge in [0.2, 0.25) is 0 Å². The van der Waals surface area contributed by atoms with Crippen LogP contribution in [0.2, 0.25) is 5.02 Å². The van der Waals surface area contributed by atoms with Crippen molar-refractivity contribution >= 4 is 29.0 Å². The molecule has 0 fully saturated rings. The van der Waals surface area contributed by atoms with E-state index >= 15 is 0 Å². The number of halogens is 1. The Balaban J connectivity index is 1.78. The third-order valence-electron chi connectivity index (χ3n) is 6.32. The van der Waals surface area contributed by atoms with E-state index in [9.17, 15) is 9.59 Å². The predicted octanol–water partition coefficient (Wildman–Crippen LogP) is 4.94. The van der Waals surface area contributed by atoms with Crippen LogP contribution in [0.25, 0.3) is 0 Å². The topological polar surface area (TPSA) is 58.6 Å². The second-order valence-electron chi connectivity index (χ2n) is 8.55. The second-order valence-corrected chi connectivity index (χ2v) is 8.98. The number of nitrogens with one attached hydrogen (secondary N) is 1. The Morgan fingerprint density at radius 3 is 2.25 bits per heavy atom. The summed E-state index contributed by atoms with van der Waals surface area (Å²) in [4.78, 5) is 28.3. The molecule has 1 aliphatic carbocycles. The maximum Gasteiger partial charge on any atom is 0.336 e. The zero-order chi connectivity index (χ0) is 23.0. The molecule has 1 heterocycles. The first-order valence-electron chi connectivity index (χ1n) is 10.6. The maximum atomic E-state index is 13.5. The molecule has 1 aliphatic heterocycles.